The van der Waals surface area contributed by atoms with Crippen molar-refractivity contribution >= 4 is 42.9 Å². The van der Waals surface area contributed by atoms with Crippen molar-refractivity contribution in [2.24, 2.45) is 0 Å². The van der Waals surface area contributed by atoms with Crippen LogP contribution < -0.4 is 0 Å². The average Bonchev–Trinajstić information content (AvgIpc) is 3.11. The van der Waals surface area contributed by atoms with Gasteiger partial charge in [0.1, 0.15) is 0 Å². The number of hydrogen-bond donors (Lipinski definition) is 0. The number of fused-ring (bicyclic) bond motifs is 2. The number of rotatable bonds is 2. The molecule has 144 valence electrons. The van der Waals surface area contributed by atoms with Gasteiger partial charge in [-0.1, -0.05) is 0 Å². The minimum atomic E-state index is -6.88. The Bertz CT molecular complexity index is 1430. The molecule has 0 heterocycles. The van der Waals surface area contributed by atoms with Crippen molar-refractivity contribution in [2.45, 2.75) is 25.8 Å². The minimum absolute atomic E-state index is 0.136. The van der Waals surface area contributed by atoms with Crippen molar-refractivity contribution in [3.8, 4) is 0 Å². The van der Waals surface area contributed by atoms with Crippen molar-refractivity contribution in [3.63, 3.8) is 0 Å². The molecular formula is C22H30Cl2Si2Zr. The fraction of sp³-hybridized carbons (Fsp3) is 0.273. The van der Waals surface area contributed by atoms with Crippen LogP contribution in [-0.4, -0.2) is 13.8 Å². The Labute approximate surface area is 156 Å². The number of halogens is 2. The molecule has 2 aromatic rings. The molecule has 0 fully saturated rings. The summed E-state index contributed by atoms with van der Waals surface area (Å²) in [5.41, 5.74) is 4.85. The molecule has 0 amide bonds. The van der Waals surface area contributed by atoms with E-state index >= 15 is 0 Å². The van der Waals surface area contributed by atoms with Gasteiger partial charge in [0, 0.05) is 0 Å². The summed E-state index contributed by atoms with van der Waals surface area (Å²) in [6.45, 7) is 3.79. The van der Waals surface area contributed by atoms with Crippen LogP contribution in [0.3, 0.4) is 0 Å². The van der Waals surface area contributed by atoms with Crippen LogP contribution in [0.1, 0.15) is 29.5 Å². The molecule has 0 saturated heterocycles. The Hall–Kier alpha value is -0.183. The Balaban J connectivity index is 2.32. The fourth-order valence-electron chi connectivity index (χ4n) is 6.09. The van der Waals surface area contributed by atoms with Gasteiger partial charge in [-0.3, -0.25) is 0 Å². The van der Waals surface area contributed by atoms with Gasteiger partial charge in [-0.15, -0.1) is 0 Å². The zero-order valence-corrected chi connectivity index (χ0v) is 23.6. The summed E-state index contributed by atoms with van der Waals surface area (Å²) in [4.78, 5) is 0. The molecule has 0 nitrogen and oxygen atoms in total. The van der Waals surface area contributed by atoms with Crippen molar-refractivity contribution < 1.29 is 6.21 Å². The predicted octanol–water partition coefficient (Wildman–Crippen LogP) is 6.49. The molecule has 0 aromatic heterocycles. The topological polar surface area (TPSA) is 0 Å². The Morgan fingerprint density at radius 1 is 0.667 bits per heavy atom. The summed E-state index contributed by atoms with van der Waals surface area (Å²) >= 11 is 0. The second kappa shape index (κ2) is 2.84. The molecule has 0 spiro atoms. The van der Waals surface area contributed by atoms with E-state index in [0.717, 1.165) is 0 Å². The maximum absolute atomic E-state index is 8.57. The third kappa shape index (κ3) is 2.55. The van der Waals surface area contributed by atoms with E-state index in [2.05, 4.69) is 91.4 Å². The summed E-state index contributed by atoms with van der Waals surface area (Å²) in [6, 6.07) is 17.0. The van der Waals surface area contributed by atoms with Crippen LogP contribution in [0.25, 0.3) is 12.2 Å². The Morgan fingerprint density at radius 2 is 1.00 bits per heavy atom. The molecule has 4 rings (SSSR count). The third-order valence-corrected chi connectivity index (χ3v) is 46.9. The van der Waals surface area contributed by atoms with E-state index in [1.807, 2.05) is 13.8 Å². The molecule has 5 heteroatoms. The van der Waals surface area contributed by atoms with E-state index in [1.54, 1.807) is 0 Å². The fourth-order valence-corrected chi connectivity index (χ4v) is 38.4. The molecule has 2 unspecified atom stereocenters. The Morgan fingerprint density at radius 3 is 1.37 bits per heavy atom. The standard InChI is InChI=1S/2C9H7.4CH3.2ClH.2H2Si.Zr/c2*1-2-5-9-7-3-6-8(9)4-1;;;;;;;;;/h2*1-7H;4*1H3;2*1H;2*1H2;/q;;;;;;;;;;+2/p-2. The summed E-state index contributed by atoms with van der Waals surface area (Å²) in [7, 11) is 17.1. The third-order valence-electron chi connectivity index (χ3n) is 7.80. The first-order valence-electron chi connectivity index (χ1n) is 9.81. The van der Waals surface area contributed by atoms with Crippen LogP contribution in [0, 0.1) is 0 Å². The van der Waals surface area contributed by atoms with Gasteiger partial charge in [-0.05, 0) is 0 Å². The maximum atomic E-state index is 8.57. The van der Waals surface area contributed by atoms with Gasteiger partial charge in [-0.2, -0.15) is 0 Å². The van der Waals surface area contributed by atoms with E-state index in [9.17, 15) is 0 Å². The van der Waals surface area contributed by atoms with E-state index < -0.39 is 6.21 Å². The van der Waals surface area contributed by atoms with Gasteiger partial charge in [0.2, 0.25) is 0 Å². The zero-order chi connectivity index (χ0) is 20.3. The number of benzene rings is 2. The summed E-state index contributed by atoms with van der Waals surface area (Å²) < 4.78 is 8.65. The van der Waals surface area contributed by atoms with Gasteiger partial charge in [0.15, 0.2) is 0 Å². The normalized spacial score (nSPS) is 31.0. The van der Waals surface area contributed by atoms with Crippen molar-refractivity contribution in [1.29, 1.82) is 0 Å². The van der Waals surface area contributed by atoms with Crippen LogP contribution in [0.5, 0.6) is 0 Å². The molecule has 2 aliphatic carbocycles. The first-order chi connectivity index (χ1) is 11.5. The SMILES string of the molecule is [CH3][Zr]([CH3])([CH3])([CH3])(=[SiH2])(=[SiH2])([Cl])([Cl])([CH]1C=Cc2ccccc21)[CH]1C=Cc2ccccc21. The molecular weight excluding hydrogens is 483 g/mol. The second-order valence-corrected chi connectivity index (χ2v) is 185. The molecule has 0 N–H and O–H groups in total. The summed E-state index contributed by atoms with van der Waals surface area (Å²) in [5.74, 6) is 0. The van der Waals surface area contributed by atoms with Gasteiger partial charge >= 0.3 is 158 Å². The molecule has 0 bridgehead atoms. The first kappa shape index (κ1) is 20.1. The Kier molecular flexibility index (Phi) is 2.12. The summed E-state index contributed by atoms with van der Waals surface area (Å²) in [5, 5.41) is 0. The van der Waals surface area contributed by atoms with Crippen LogP contribution in [-0.2, 0) is 6.21 Å². The van der Waals surface area contributed by atoms with Crippen molar-refractivity contribution in [2.75, 3.05) is 0 Å². The molecule has 2 aromatic carbocycles. The molecule has 0 radical (unpaired) electrons. The van der Waals surface area contributed by atoms with Crippen LogP contribution in [0.2, 0.25) is 18.5 Å². The van der Waals surface area contributed by atoms with Gasteiger partial charge in [0.25, 0.3) is 0 Å². The van der Waals surface area contributed by atoms with E-state index in [-0.39, 0.29) is 7.25 Å². The molecule has 2 atom stereocenters. The van der Waals surface area contributed by atoms with Crippen LogP contribution in [0.15, 0.2) is 60.7 Å². The predicted molar refractivity (Wildman–Crippen MR) is 129 cm³/mol. The van der Waals surface area contributed by atoms with E-state index in [0.29, 0.717) is 0 Å². The van der Waals surface area contributed by atoms with Crippen molar-refractivity contribution in [1.82, 2.24) is 0 Å². The van der Waals surface area contributed by atoms with Gasteiger partial charge in [0.05, 0.1) is 0 Å². The van der Waals surface area contributed by atoms with Crippen LogP contribution in [0.4, 0.5) is 0 Å². The van der Waals surface area contributed by atoms with Crippen LogP contribution >= 0.6 is 17.0 Å². The summed E-state index contributed by atoms with van der Waals surface area (Å²) in [6.07, 6.45) is 2.02. The number of hydrogen-bond acceptors (Lipinski definition) is 0. The molecule has 2 aliphatic rings. The second-order valence-electron chi connectivity index (χ2n) is 16.9. The zero-order valence-electron chi connectivity index (χ0n) is 16.8. The first-order valence-corrected chi connectivity index (χ1v) is 40.6. The quantitative estimate of drug-likeness (QED) is 0.404. The average molecular weight is 513 g/mol. The van der Waals surface area contributed by atoms with E-state index in [1.165, 1.54) is 22.3 Å². The molecule has 27 heavy (non-hydrogen) atoms. The monoisotopic (exact) mass is 510 g/mol. The van der Waals surface area contributed by atoms with Crippen molar-refractivity contribution in [3.05, 3.63) is 82.9 Å². The number of allylic oxidation sites excluding steroid dienone is 2. The molecule has 0 aliphatic heterocycles. The van der Waals surface area contributed by atoms with Gasteiger partial charge in [-0.25, -0.2) is 0 Å². The van der Waals surface area contributed by atoms with Gasteiger partial charge < -0.3 is 0 Å². The molecule has 0 saturated carbocycles. The van der Waals surface area contributed by atoms with E-state index in [4.69, 9.17) is 17.0 Å².